The zero-order valence-electron chi connectivity index (χ0n) is 16.1. The van der Waals surface area contributed by atoms with Gasteiger partial charge in [-0.3, -0.25) is 14.7 Å². The van der Waals surface area contributed by atoms with Crippen LogP contribution in [0.2, 0.25) is 0 Å². The molecule has 27 heavy (non-hydrogen) atoms. The Bertz CT molecular complexity index is 784. The first-order valence-corrected chi connectivity index (χ1v) is 9.72. The maximum atomic E-state index is 12.9. The van der Waals surface area contributed by atoms with E-state index >= 15 is 0 Å². The van der Waals surface area contributed by atoms with Crippen molar-refractivity contribution in [3.8, 4) is 0 Å². The number of likely N-dealkylation sites (N-methyl/N-ethyl adjacent to an activating group) is 1. The Morgan fingerprint density at radius 3 is 2.70 bits per heavy atom. The predicted octanol–water partition coefficient (Wildman–Crippen LogP) is 1.42. The largest absolute Gasteiger partial charge is 0.340 e. The minimum absolute atomic E-state index is 0.143. The maximum absolute atomic E-state index is 12.9. The molecule has 1 aliphatic carbocycles. The SMILES string of the molecule is CN(C)C1(c2nnnn2C2CCCC2)CCN(C(=O)Cc2ccncc2)C1. The molecular weight excluding hydrogens is 342 g/mol. The number of amides is 1. The minimum atomic E-state index is -0.333. The van der Waals surface area contributed by atoms with Crippen molar-refractivity contribution in [2.45, 2.75) is 50.1 Å². The predicted molar refractivity (Wildman–Crippen MR) is 99.8 cm³/mol. The van der Waals surface area contributed by atoms with Gasteiger partial charge in [0.05, 0.1) is 12.5 Å². The molecular formula is C19H27N7O. The third kappa shape index (κ3) is 3.34. The standard InChI is InChI=1S/C19H27N7O/c1-24(2)19(18-21-22-23-26(18)16-5-3-4-6-16)9-12-25(14-19)17(27)13-15-7-10-20-11-8-15/h7-8,10-11,16H,3-6,9,12-14H2,1-2H3. The highest BCUT2D eigenvalue weighted by Crippen LogP contribution is 2.38. The average Bonchev–Trinajstić information content (AvgIpc) is 3.41. The molecule has 8 nitrogen and oxygen atoms in total. The van der Waals surface area contributed by atoms with Crippen molar-refractivity contribution < 1.29 is 4.79 Å². The Balaban J connectivity index is 1.56. The molecule has 2 fully saturated rings. The van der Waals surface area contributed by atoms with Gasteiger partial charge < -0.3 is 4.90 Å². The van der Waals surface area contributed by atoms with E-state index in [4.69, 9.17) is 0 Å². The van der Waals surface area contributed by atoms with Crippen LogP contribution in [-0.4, -0.2) is 68.1 Å². The summed E-state index contributed by atoms with van der Waals surface area (Å²) in [5.41, 5.74) is 0.660. The summed E-state index contributed by atoms with van der Waals surface area (Å²) in [6.07, 6.45) is 9.43. The van der Waals surface area contributed by atoms with Crippen LogP contribution in [0.3, 0.4) is 0 Å². The third-order valence-electron chi connectivity index (χ3n) is 6.14. The van der Waals surface area contributed by atoms with Gasteiger partial charge in [0.2, 0.25) is 5.91 Å². The number of aromatic nitrogens is 5. The lowest BCUT2D eigenvalue weighted by molar-refractivity contribution is -0.130. The number of carbonyl (C=O) groups is 1. The van der Waals surface area contributed by atoms with E-state index in [0.29, 0.717) is 19.0 Å². The van der Waals surface area contributed by atoms with Crippen LogP contribution in [0.1, 0.15) is 49.5 Å². The zero-order valence-corrected chi connectivity index (χ0v) is 16.1. The molecule has 1 saturated carbocycles. The Kier molecular flexibility index (Phi) is 4.90. The number of likely N-dealkylation sites (tertiary alicyclic amines) is 1. The Morgan fingerprint density at radius 2 is 2.00 bits per heavy atom. The van der Waals surface area contributed by atoms with Gasteiger partial charge in [-0.15, -0.1) is 5.10 Å². The van der Waals surface area contributed by atoms with Gasteiger partial charge >= 0.3 is 0 Å². The Hall–Kier alpha value is -2.35. The van der Waals surface area contributed by atoms with Crippen LogP contribution in [0.25, 0.3) is 0 Å². The topological polar surface area (TPSA) is 80.0 Å². The molecule has 1 unspecified atom stereocenters. The summed E-state index contributed by atoms with van der Waals surface area (Å²) in [5.74, 6) is 1.04. The van der Waals surface area contributed by atoms with E-state index in [9.17, 15) is 4.79 Å². The van der Waals surface area contributed by atoms with E-state index in [1.165, 1.54) is 12.8 Å². The fraction of sp³-hybridized carbons (Fsp3) is 0.632. The van der Waals surface area contributed by atoms with Gasteiger partial charge in [0.25, 0.3) is 0 Å². The van der Waals surface area contributed by atoms with Crippen molar-refractivity contribution in [2.75, 3.05) is 27.2 Å². The average molecular weight is 369 g/mol. The van der Waals surface area contributed by atoms with Crippen molar-refractivity contribution in [2.24, 2.45) is 0 Å². The summed E-state index contributed by atoms with van der Waals surface area (Å²) in [4.78, 5) is 21.0. The summed E-state index contributed by atoms with van der Waals surface area (Å²) in [6, 6.07) is 4.18. The molecule has 2 aromatic heterocycles. The van der Waals surface area contributed by atoms with E-state index in [2.05, 4.69) is 39.5 Å². The first-order chi connectivity index (χ1) is 13.1. The van der Waals surface area contributed by atoms with E-state index in [-0.39, 0.29) is 11.4 Å². The highest BCUT2D eigenvalue weighted by Gasteiger charge is 2.47. The van der Waals surface area contributed by atoms with Gasteiger partial charge in [-0.2, -0.15) is 0 Å². The summed E-state index contributed by atoms with van der Waals surface area (Å²) in [6.45, 7) is 1.34. The lowest BCUT2D eigenvalue weighted by atomic mass is 9.95. The maximum Gasteiger partial charge on any atom is 0.227 e. The first-order valence-electron chi connectivity index (χ1n) is 9.72. The van der Waals surface area contributed by atoms with Gasteiger partial charge in [-0.25, -0.2) is 4.68 Å². The summed E-state index contributed by atoms with van der Waals surface area (Å²) >= 11 is 0. The second kappa shape index (κ2) is 7.34. The molecule has 8 heteroatoms. The van der Waals surface area contributed by atoms with Crippen LogP contribution in [0.4, 0.5) is 0 Å². The van der Waals surface area contributed by atoms with Gasteiger partial charge in [-0.1, -0.05) is 12.8 Å². The molecule has 0 N–H and O–H groups in total. The molecule has 0 radical (unpaired) electrons. The van der Waals surface area contributed by atoms with E-state index in [1.54, 1.807) is 12.4 Å². The Morgan fingerprint density at radius 1 is 1.26 bits per heavy atom. The number of tetrazole rings is 1. The molecule has 0 aromatic carbocycles. The lowest BCUT2D eigenvalue weighted by Gasteiger charge is -2.35. The van der Waals surface area contributed by atoms with Gasteiger partial charge in [0.1, 0.15) is 5.54 Å². The molecule has 1 aliphatic heterocycles. The van der Waals surface area contributed by atoms with Crippen molar-refractivity contribution in [1.29, 1.82) is 0 Å². The number of pyridine rings is 1. The first kappa shape index (κ1) is 18.0. The molecule has 0 bridgehead atoms. The normalized spacial score (nSPS) is 23.4. The molecule has 4 rings (SSSR count). The second-order valence-corrected chi connectivity index (χ2v) is 7.91. The molecule has 3 heterocycles. The smallest absolute Gasteiger partial charge is 0.227 e. The number of hydrogen-bond donors (Lipinski definition) is 0. The minimum Gasteiger partial charge on any atom is -0.340 e. The zero-order chi connectivity index (χ0) is 18.9. The van der Waals surface area contributed by atoms with Crippen molar-refractivity contribution in [1.82, 2.24) is 35.0 Å². The van der Waals surface area contributed by atoms with Crippen LogP contribution in [-0.2, 0) is 16.8 Å². The van der Waals surface area contributed by atoms with Crippen LogP contribution in [0.15, 0.2) is 24.5 Å². The van der Waals surface area contributed by atoms with Crippen molar-refractivity contribution in [3.63, 3.8) is 0 Å². The molecule has 2 aliphatic rings. The van der Waals surface area contributed by atoms with Crippen LogP contribution < -0.4 is 0 Å². The molecule has 2 aromatic rings. The summed E-state index contributed by atoms with van der Waals surface area (Å²) < 4.78 is 2.03. The number of hydrogen-bond acceptors (Lipinski definition) is 6. The molecule has 144 valence electrons. The molecule has 1 amide bonds. The number of rotatable bonds is 5. The van der Waals surface area contributed by atoms with Crippen LogP contribution in [0.5, 0.6) is 0 Å². The lowest BCUT2D eigenvalue weighted by Crippen LogP contribution is -2.47. The summed E-state index contributed by atoms with van der Waals surface area (Å²) in [5, 5.41) is 12.8. The van der Waals surface area contributed by atoms with Gasteiger partial charge in [0.15, 0.2) is 5.82 Å². The number of nitrogens with zero attached hydrogens (tertiary/aromatic N) is 7. The van der Waals surface area contributed by atoms with E-state index < -0.39 is 0 Å². The number of carbonyl (C=O) groups excluding carboxylic acids is 1. The molecule has 0 spiro atoms. The van der Waals surface area contributed by atoms with Crippen molar-refractivity contribution >= 4 is 5.91 Å². The Labute approximate surface area is 159 Å². The van der Waals surface area contributed by atoms with Crippen LogP contribution in [0, 0.1) is 0 Å². The van der Waals surface area contributed by atoms with Crippen LogP contribution >= 0.6 is 0 Å². The fourth-order valence-corrected chi connectivity index (χ4v) is 4.44. The van der Waals surface area contributed by atoms with E-state index in [0.717, 1.165) is 37.2 Å². The van der Waals surface area contributed by atoms with Crippen molar-refractivity contribution in [3.05, 3.63) is 35.9 Å². The monoisotopic (exact) mass is 369 g/mol. The van der Waals surface area contributed by atoms with Gasteiger partial charge in [0, 0.05) is 25.5 Å². The molecule has 1 atom stereocenters. The van der Waals surface area contributed by atoms with Gasteiger partial charge in [-0.05, 0) is 61.5 Å². The van der Waals surface area contributed by atoms with E-state index in [1.807, 2.05) is 21.7 Å². The molecule has 1 saturated heterocycles. The third-order valence-corrected chi connectivity index (χ3v) is 6.14. The quantitative estimate of drug-likeness (QED) is 0.793. The highest BCUT2D eigenvalue weighted by molar-refractivity contribution is 5.79. The fourth-order valence-electron chi connectivity index (χ4n) is 4.44. The highest BCUT2D eigenvalue weighted by atomic mass is 16.2. The second-order valence-electron chi connectivity index (χ2n) is 7.91. The summed E-state index contributed by atoms with van der Waals surface area (Å²) in [7, 11) is 4.12.